The molecule has 0 unspecified atom stereocenters. The van der Waals surface area contributed by atoms with Crippen molar-refractivity contribution >= 4 is 11.8 Å². The smallest absolute Gasteiger partial charge is 0.249 e. The first-order valence-corrected chi connectivity index (χ1v) is 6.58. The monoisotopic (exact) mass is 301 g/mol. The molecule has 0 aromatic carbocycles. The Balaban J connectivity index is 4.69. The van der Waals surface area contributed by atoms with Crippen LogP contribution in [0, 0.1) is 4.91 Å². The van der Waals surface area contributed by atoms with E-state index < -0.39 is 22.9 Å². The Hall–Kier alpha value is -1.90. The summed E-state index contributed by atoms with van der Waals surface area (Å²) in [6.07, 6.45) is 0. The van der Waals surface area contributed by atoms with Crippen molar-refractivity contribution in [2.45, 2.75) is 38.8 Å². The first kappa shape index (κ1) is 19.1. The zero-order chi connectivity index (χ0) is 16.5. The molecule has 0 spiro atoms. The lowest BCUT2D eigenvalue weighted by Crippen LogP contribution is -2.44. The molecule has 2 amide bonds. The molecule has 9 heteroatoms. The quantitative estimate of drug-likeness (QED) is 0.314. The van der Waals surface area contributed by atoms with E-state index in [0.717, 1.165) is 0 Å². The van der Waals surface area contributed by atoms with Gasteiger partial charge in [0.25, 0.3) is 0 Å². The Bertz CT molecular complexity index is 406. The van der Waals surface area contributed by atoms with Crippen molar-refractivity contribution in [3.63, 3.8) is 0 Å². The first-order chi connectivity index (χ1) is 9.67. The fraction of sp³-hybridized carbons (Fsp3) is 0.833. The van der Waals surface area contributed by atoms with Crippen LogP contribution in [0.3, 0.4) is 0 Å². The molecule has 0 aliphatic rings. The number of amides is 2. The van der Waals surface area contributed by atoms with Gasteiger partial charge in [0.05, 0.1) is 13.2 Å². The summed E-state index contributed by atoms with van der Waals surface area (Å²) >= 11 is 0. The van der Waals surface area contributed by atoms with Gasteiger partial charge in [-0.25, -0.2) is 0 Å². The van der Waals surface area contributed by atoms with Crippen molar-refractivity contribution in [3.05, 3.63) is 4.91 Å². The van der Waals surface area contributed by atoms with E-state index in [0.29, 0.717) is 0 Å². The van der Waals surface area contributed by atoms with Crippen molar-refractivity contribution in [1.29, 1.82) is 0 Å². The number of hydrogen-bond donors (Lipinski definition) is 3. The van der Waals surface area contributed by atoms with Gasteiger partial charge in [-0.15, -0.1) is 0 Å². The second-order valence-electron chi connectivity index (χ2n) is 5.41. The van der Waals surface area contributed by atoms with Crippen LogP contribution in [0.5, 0.6) is 0 Å². The number of aliphatic hydroxyl groups excluding tert-OH is 1. The summed E-state index contributed by atoms with van der Waals surface area (Å²) < 4.78 is 0. The number of rotatable bonds is 9. The van der Waals surface area contributed by atoms with Crippen molar-refractivity contribution in [2.24, 2.45) is 15.4 Å². The fourth-order valence-corrected chi connectivity index (χ4v) is 1.16. The third-order valence-corrected chi connectivity index (χ3v) is 2.55. The predicted octanol–water partition coefficient (Wildman–Crippen LogP) is -0.0131. The molecule has 0 saturated carbocycles. The Morgan fingerprint density at radius 3 is 1.76 bits per heavy atom. The molecule has 0 fully saturated rings. The molecule has 21 heavy (non-hydrogen) atoms. The summed E-state index contributed by atoms with van der Waals surface area (Å²) in [5.74, 6) is -0.817. The molecule has 0 aliphatic heterocycles. The van der Waals surface area contributed by atoms with E-state index in [1.165, 1.54) is 0 Å². The summed E-state index contributed by atoms with van der Waals surface area (Å²) in [5, 5.41) is 24.1. The standard InChI is InChI=1S/C12H23N5O4/c1-11(2,9(19)13-5-6-15-21)16-17-12(3,4)10(20)14-7-8-18/h18H,5-8H2,1-4H3,(H,13,19)(H,14,20). The summed E-state index contributed by atoms with van der Waals surface area (Å²) in [6.45, 7) is 6.25. The van der Waals surface area contributed by atoms with Crippen LogP contribution >= 0.6 is 0 Å². The summed E-state index contributed by atoms with van der Waals surface area (Å²) in [7, 11) is 0. The van der Waals surface area contributed by atoms with E-state index in [4.69, 9.17) is 5.11 Å². The van der Waals surface area contributed by atoms with Crippen molar-refractivity contribution in [3.8, 4) is 0 Å². The SMILES string of the molecule is CC(C)(N=NC(C)(C)C(=O)NCCN=O)C(=O)NCCO. The number of nitrogens with one attached hydrogen (secondary N) is 2. The van der Waals surface area contributed by atoms with Crippen LogP contribution in [0.4, 0.5) is 0 Å². The molecule has 0 rings (SSSR count). The lowest BCUT2D eigenvalue weighted by atomic mass is 10.0. The van der Waals surface area contributed by atoms with Gasteiger partial charge in [0.2, 0.25) is 11.8 Å². The minimum atomic E-state index is -1.17. The molecule has 0 saturated heterocycles. The van der Waals surface area contributed by atoms with E-state index in [2.05, 4.69) is 26.0 Å². The second kappa shape index (κ2) is 8.40. The van der Waals surface area contributed by atoms with Crippen molar-refractivity contribution < 1.29 is 14.7 Å². The van der Waals surface area contributed by atoms with Crippen LogP contribution in [-0.4, -0.2) is 54.2 Å². The molecular formula is C12H23N5O4. The number of carbonyl (C=O) groups is 2. The summed E-state index contributed by atoms with van der Waals surface area (Å²) in [4.78, 5) is 33.6. The lowest BCUT2D eigenvalue weighted by Gasteiger charge is -2.21. The molecule has 0 bridgehead atoms. The Kier molecular flexibility index (Phi) is 7.64. The van der Waals surface area contributed by atoms with Crippen LogP contribution in [0.1, 0.15) is 27.7 Å². The van der Waals surface area contributed by atoms with E-state index >= 15 is 0 Å². The molecule has 0 atom stereocenters. The average molecular weight is 301 g/mol. The summed E-state index contributed by atoms with van der Waals surface area (Å²) in [5.41, 5.74) is -2.32. The minimum Gasteiger partial charge on any atom is -0.395 e. The maximum atomic E-state index is 11.9. The molecule has 120 valence electrons. The van der Waals surface area contributed by atoms with Gasteiger partial charge in [0.1, 0.15) is 0 Å². The highest BCUT2D eigenvalue weighted by atomic mass is 16.3. The average Bonchev–Trinajstić information content (AvgIpc) is 2.42. The van der Waals surface area contributed by atoms with Crippen molar-refractivity contribution in [1.82, 2.24) is 10.6 Å². The normalized spacial score (nSPS) is 12.2. The van der Waals surface area contributed by atoms with E-state index in [-0.39, 0.29) is 26.2 Å². The lowest BCUT2D eigenvalue weighted by molar-refractivity contribution is -0.127. The highest BCUT2D eigenvalue weighted by Gasteiger charge is 2.31. The number of aliphatic hydroxyl groups is 1. The van der Waals surface area contributed by atoms with Crippen LogP contribution in [0.2, 0.25) is 0 Å². The second-order valence-corrected chi connectivity index (χ2v) is 5.41. The van der Waals surface area contributed by atoms with E-state index in [1.54, 1.807) is 27.7 Å². The predicted molar refractivity (Wildman–Crippen MR) is 76.8 cm³/mol. The highest BCUT2D eigenvalue weighted by Crippen LogP contribution is 2.16. The number of nitrogens with zero attached hydrogens (tertiary/aromatic N) is 3. The Morgan fingerprint density at radius 2 is 1.38 bits per heavy atom. The Labute approximate surface area is 123 Å². The van der Waals surface area contributed by atoms with Gasteiger partial charge in [-0.1, -0.05) is 5.18 Å². The topological polar surface area (TPSA) is 133 Å². The van der Waals surface area contributed by atoms with Crippen LogP contribution in [0.25, 0.3) is 0 Å². The maximum absolute atomic E-state index is 11.9. The molecule has 0 aliphatic carbocycles. The molecule has 0 heterocycles. The number of azo groups is 1. The third-order valence-electron chi connectivity index (χ3n) is 2.55. The number of nitroso groups, excluding NO2 is 1. The zero-order valence-corrected chi connectivity index (χ0v) is 12.8. The maximum Gasteiger partial charge on any atom is 0.249 e. The van der Waals surface area contributed by atoms with Crippen LogP contribution in [0.15, 0.2) is 15.4 Å². The van der Waals surface area contributed by atoms with Gasteiger partial charge in [-0.05, 0) is 27.7 Å². The number of hydrogen-bond acceptors (Lipinski definition) is 7. The largest absolute Gasteiger partial charge is 0.395 e. The minimum absolute atomic E-state index is 0.0198. The van der Waals surface area contributed by atoms with Crippen LogP contribution in [-0.2, 0) is 9.59 Å². The summed E-state index contributed by atoms with van der Waals surface area (Å²) in [6, 6.07) is 0. The van der Waals surface area contributed by atoms with Gasteiger partial charge < -0.3 is 15.7 Å². The molecule has 0 aromatic rings. The molecular weight excluding hydrogens is 278 g/mol. The van der Waals surface area contributed by atoms with Gasteiger partial charge in [0, 0.05) is 13.1 Å². The van der Waals surface area contributed by atoms with Crippen LogP contribution < -0.4 is 10.6 Å². The van der Waals surface area contributed by atoms with Gasteiger partial charge in [0.15, 0.2) is 11.1 Å². The van der Waals surface area contributed by atoms with Crippen molar-refractivity contribution in [2.75, 3.05) is 26.2 Å². The third kappa shape index (κ3) is 6.89. The highest BCUT2D eigenvalue weighted by molar-refractivity contribution is 5.86. The molecule has 0 radical (unpaired) electrons. The molecule has 9 nitrogen and oxygen atoms in total. The first-order valence-electron chi connectivity index (χ1n) is 6.58. The van der Waals surface area contributed by atoms with E-state index in [9.17, 15) is 14.5 Å². The molecule has 0 aromatic heterocycles. The molecule has 3 N–H and O–H groups in total. The fourth-order valence-electron chi connectivity index (χ4n) is 1.16. The van der Waals surface area contributed by atoms with Gasteiger partial charge in [-0.3, -0.25) is 9.59 Å². The Morgan fingerprint density at radius 1 is 0.952 bits per heavy atom. The van der Waals surface area contributed by atoms with Gasteiger partial charge in [-0.2, -0.15) is 15.1 Å². The number of carbonyl (C=O) groups excluding carboxylic acids is 2. The van der Waals surface area contributed by atoms with Gasteiger partial charge >= 0.3 is 0 Å². The zero-order valence-electron chi connectivity index (χ0n) is 12.8. The van der Waals surface area contributed by atoms with E-state index in [1.807, 2.05) is 0 Å².